The molecule has 208 valence electrons. The molecule has 3 aromatic carbocycles. The zero-order valence-electron chi connectivity index (χ0n) is 20.8. The summed E-state index contributed by atoms with van der Waals surface area (Å²) < 4.78 is 60.1. The van der Waals surface area contributed by atoms with E-state index in [1.54, 1.807) is 36.4 Å². The van der Waals surface area contributed by atoms with Gasteiger partial charge in [-0.05, 0) is 61.4 Å². The number of sulfonamides is 2. The molecule has 1 N–H and O–H groups in total. The van der Waals surface area contributed by atoms with Crippen molar-refractivity contribution in [2.75, 3.05) is 37.1 Å². The van der Waals surface area contributed by atoms with E-state index in [-0.39, 0.29) is 38.7 Å². The third-order valence-corrected chi connectivity index (χ3v) is 10.5. The summed E-state index contributed by atoms with van der Waals surface area (Å²) in [7, 11) is -7.65. The predicted octanol–water partition coefficient (Wildman–Crippen LogP) is 4.17. The summed E-state index contributed by atoms with van der Waals surface area (Å²) in [5, 5.41) is 2.79. The summed E-state index contributed by atoms with van der Waals surface area (Å²) in [6.07, 6.45) is 1.71. The first-order valence-corrected chi connectivity index (χ1v) is 15.8. The molecule has 0 atom stereocenters. The van der Waals surface area contributed by atoms with Crippen molar-refractivity contribution in [3.63, 3.8) is 0 Å². The van der Waals surface area contributed by atoms with Crippen molar-refractivity contribution < 1.29 is 26.4 Å². The van der Waals surface area contributed by atoms with Gasteiger partial charge in [0.25, 0.3) is 10.0 Å². The van der Waals surface area contributed by atoms with E-state index in [2.05, 4.69) is 5.32 Å². The number of nitrogens with zero attached hydrogens (tertiary/aromatic N) is 2. The molecule has 9 nitrogen and oxygen atoms in total. The van der Waals surface area contributed by atoms with Gasteiger partial charge in [0.05, 0.1) is 32.1 Å². The number of halogens is 2. The normalized spacial score (nSPS) is 14.2. The molecule has 0 aromatic heterocycles. The van der Waals surface area contributed by atoms with Crippen molar-refractivity contribution in [2.45, 2.75) is 22.6 Å². The van der Waals surface area contributed by atoms with Crippen LogP contribution in [-0.2, 0) is 24.8 Å². The van der Waals surface area contributed by atoms with E-state index in [4.69, 9.17) is 27.9 Å². The van der Waals surface area contributed by atoms with Crippen molar-refractivity contribution in [3.8, 4) is 5.75 Å². The smallest absolute Gasteiger partial charge is 0.264 e. The average Bonchev–Trinajstić information content (AvgIpc) is 3.49. The van der Waals surface area contributed by atoms with E-state index in [1.807, 2.05) is 0 Å². The second-order valence-corrected chi connectivity index (χ2v) is 13.3. The molecule has 0 radical (unpaired) electrons. The monoisotopic (exact) mass is 611 g/mol. The van der Waals surface area contributed by atoms with Crippen LogP contribution in [0.2, 0.25) is 10.0 Å². The van der Waals surface area contributed by atoms with Crippen molar-refractivity contribution in [1.29, 1.82) is 0 Å². The molecular weight excluding hydrogens is 585 g/mol. The molecule has 0 unspecified atom stereocenters. The molecule has 0 bridgehead atoms. The third kappa shape index (κ3) is 6.85. The van der Waals surface area contributed by atoms with Crippen LogP contribution in [0.4, 0.5) is 5.69 Å². The lowest BCUT2D eigenvalue weighted by Crippen LogP contribution is -2.42. The lowest BCUT2D eigenvalue weighted by molar-refractivity contribution is -0.119. The Hall–Kier alpha value is -2.83. The quantitative estimate of drug-likeness (QED) is 0.326. The van der Waals surface area contributed by atoms with E-state index < -0.39 is 32.5 Å². The van der Waals surface area contributed by atoms with Gasteiger partial charge in [0, 0.05) is 13.1 Å². The Morgan fingerprint density at radius 2 is 1.54 bits per heavy atom. The molecule has 1 aliphatic heterocycles. The summed E-state index contributed by atoms with van der Waals surface area (Å²) >= 11 is 12.4. The first-order chi connectivity index (χ1) is 18.6. The fourth-order valence-electron chi connectivity index (χ4n) is 4.04. The SMILES string of the molecule is O=C(CN(c1cccc(Cl)c1Cl)S(=O)(=O)c1ccccc1)NCCOc1ccc(S(=O)(=O)N2CCCC2)cc1. The van der Waals surface area contributed by atoms with Crippen LogP contribution in [0.25, 0.3) is 0 Å². The number of benzene rings is 3. The van der Waals surface area contributed by atoms with Gasteiger partial charge in [-0.1, -0.05) is 47.5 Å². The maximum absolute atomic E-state index is 13.4. The number of nitrogens with one attached hydrogen (secondary N) is 1. The molecule has 1 aliphatic rings. The second kappa shape index (κ2) is 12.6. The molecule has 0 aliphatic carbocycles. The third-order valence-electron chi connectivity index (χ3n) is 6.04. The van der Waals surface area contributed by atoms with Gasteiger partial charge in [-0.2, -0.15) is 4.31 Å². The summed E-state index contributed by atoms with van der Waals surface area (Å²) in [6.45, 7) is 0.657. The Labute approximate surface area is 238 Å². The molecule has 0 saturated carbocycles. The molecule has 0 spiro atoms. The topological polar surface area (TPSA) is 113 Å². The van der Waals surface area contributed by atoms with E-state index in [9.17, 15) is 21.6 Å². The van der Waals surface area contributed by atoms with E-state index >= 15 is 0 Å². The zero-order chi connectivity index (χ0) is 28.0. The number of anilines is 1. The molecule has 39 heavy (non-hydrogen) atoms. The Morgan fingerprint density at radius 3 is 2.21 bits per heavy atom. The first kappa shape index (κ1) is 29.2. The van der Waals surface area contributed by atoms with Gasteiger partial charge in [0.2, 0.25) is 15.9 Å². The fourth-order valence-corrected chi connectivity index (χ4v) is 7.45. The number of hydrogen-bond donors (Lipinski definition) is 1. The zero-order valence-corrected chi connectivity index (χ0v) is 23.9. The van der Waals surface area contributed by atoms with Crippen molar-refractivity contribution in [2.24, 2.45) is 0 Å². The molecule has 1 heterocycles. The number of amides is 1. The lowest BCUT2D eigenvalue weighted by Gasteiger charge is -2.25. The lowest BCUT2D eigenvalue weighted by atomic mass is 10.3. The Kier molecular flexibility index (Phi) is 9.39. The van der Waals surface area contributed by atoms with Crippen molar-refractivity contribution >= 4 is 54.8 Å². The van der Waals surface area contributed by atoms with Gasteiger partial charge in [-0.15, -0.1) is 0 Å². The number of rotatable bonds is 11. The Bertz CT molecular complexity index is 1510. The number of ether oxygens (including phenoxy) is 1. The van der Waals surface area contributed by atoms with Crippen LogP contribution in [0.15, 0.2) is 82.6 Å². The predicted molar refractivity (Wildman–Crippen MR) is 150 cm³/mol. The van der Waals surface area contributed by atoms with E-state index in [0.29, 0.717) is 18.8 Å². The maximum Gasteiger partial charge on any atom is 0.264 e. The number of carbonyl (C=O) groups excluding carboxylic acids is 1. The van der Waals surface area contributed by atoms with Gasteiger partial charge >= 0.3 is 0 Å². The highest BCUT2D eigenvalue weighted by Crippen LogP contribution is 2.35. The maximum atomic E-state index is 13.4. The highest BCUT2D eigenvalue weighted by atomic mass is 35.5. The highest BCUT2D eigenvalue weighted by Gasteiger charge is 2.29. The summed E-state index contributed by atoms with van der Waals surface area (Å²) in [6, 6.07) is 18.3. The fraction of sp³-hybridized carbons (Fsp3) is 0.269. The van der Waals surface area contributed by atoms with E-state index in [1.165, 1.54) is 40.7 Å². The van der Waals surface area contributed by atoms with Gasteiger partial charge in [0.1, 0.15) is 18.9 Å². The van der Waals surface area contributed by atoms with E-state index in [0.717, 1.165) is 17.1 Å². The minimum absolute atomic E-state index is 0.00463. The van der Waals surface area contributed by atoms with Crippen LogP contribution in [0, 0.1) is 0 Å². The molecular formula is C26H27Cl2N3O6S2. The van der Waals surface area contributed by atoms with Crippen LogP contribution >= 0.6 is 23.2 Å². The first-order valence-electron chi connectivity index (χ1n) is 12.1. The van der Waals surface area contributed by atoms with Gasteiger partial charge < -0.3 is 10.1 Å². The largest absolute Gasteiger partial charge is 0.492 e. The van der Waals surface area contributed by atoms with Gasteiger partial charge in [-0.3, -0.25) is 9.10 Å². The molecule has 4 rings (SSSR count). The highest BCUT2D eigenvalue weighted by molar-refractivity contribution is 7.93. The van der Waals surface area contributed by atoms with Crippen LogP contribution in [0.5, 0.6) is 5.75 Å². The number of carbonyl (C=O) groups is 1. The van der Waals surface area contributed by atoms with Gasteiger partial charge in [0.15, 0.2) is 0 Å². The number of hydrogen-bond acceptors (Lipinski definition) is 6. The standard InChI is InChI=1S/C26H27Cl2N3O6S2/c27-23-9-6-10-24(26(23)28)31(39(35,36)21-7-2-1-3-8-21)19-25(32)29-15-18-37-20-11-13-22(14-12-20)38(33,34)30-16-4-5-17-30/h1-3,6-14H,4-5,15-19H2,(H,29,32). The Morgan fingerprint density at radius 1 is 0.872 bits per heavy atom. The van der Waals surface area contributed by atoms with Crippen LogP contribution < -0.4 is 14.4 Å². The minimum atomic E-state index is -4.14. The molecule has 1 amide bonds. The summed E-state index contributed by atoms with van der Waals surface area (Å²) in [5.41, 5.74) is 0.0726. The van der Waals surface area contributed by atoms with Crippen molar-refractivity contribution in [1.82, 2.24) is 9.62 Å². The molecule has 1 saturated heterocycles. The molecule has 1 fully saturated rings. The van der Waals surface area contributed by atoms with Crippen molar-refractivity contribution in [3.05, 3.63) is 82.8 Å². The molecule has 3 aromatic rings. The van der Waals surface area contributed by atoms with Crippen LogP contribution in [-0.4, -0.2) is 59.8 Å². The average molecular weight is 613 g/mol. The minimum Gasteiger partial charge on any atom is -0.492 e. The van der Waals surface area contributed by atoms with Crippen LogP contribution in [0.3, 0.4) is 0 Å². The second-order valence-electron chi connectivity index (χ2n) is 8.68. The summed E-state index contributed by atoms with van der Waals surface area (Å²) in [4.78, 5) is 13.0. The van der Waals surface area contributed by atoms with Crippen LogP contribution in [0.1, 0.15) is 12.8 Å². The van der Waals surface area contributed by atoms with Gasteiger partial charge in [-0.25, -0.2) is 16.8 Å². The molecule has 13 heteroatoms. The Balaban J connectivity index is 1.37. The summed E-state index contributed by atoms with van der Waals surface area (Å²) in [5.74, 6) is -0.148.